The van der Waals surface area contributed by atoms with Gasteiger partial charge in [0.05, 0.1) is 14.2 Å². The molecule has 21 heavy (non-hydrogen) atoms. The van der Waals surface area contributed by atoms with Crippen LogP contribution in [0.5, 0.6) is 11.5 Å². The number of hydrogen-bond donors (Lipinski definition) is 0. The van der Waals surface area contributed by atoms with Gasteiger partial charge in [0.25, 0.3) is 0 Å². The minimum atomic E-state index is 0.486. The molecule has 0 fully saturated rings. The van der Waals surface area contributed by atoms with E-state index in [0.717, 1.165) is 24.5 Å². The third-order valence-electron chi connectivity index (χ3n) is 4.72. The van der Waals surface area contributed by atoms with Crippen molar-refractivity contribution >= 4 is 0 Å². The molecule has 1 aliphatic rings. The number of nitrogens with zero attached hydrogens (tertiary/aromatic N) is 1. The van der Waals surface area contributed by atoms with E-state index in [0.29, 0.717) is 12.0 Å². The number of ether oxygens (including phenoxy) is 2. The first-order valence-electron chi connectivity index (χ1n) is 8.07. The highest BCUT2D eigenvalue weighted by Crippen LogP contribution is 2.41. The monoisotopic (exact) mass is 291 g/mol. The van der Waals surface area contributed by atoms with E-state index in [2.05, 4.69) is 37.9 Å². The van der Waals surface area contributed by atoms with Crippen LogP contribution in [0.15, 0.2) is 12.1 Å². The summed E-state index contributed by atoms with van der Waals surface area (Å²) in [6.45, 7) is 5.76. The first kappa shape index (κ1) is 16.2. The fourth-order valence-corrected chi connectivity index (χ4v) is 3.53. The highest BCUT2D eigenvalue weighted by Gasteiger charge is 2.30. The van der Waals surface area contributed by atoms with Crippen molar-refractivity contribution in [2.75, 3.05) is 27.8 Å². The molecule has 2 atom stereocenters. The molecule has 3 heteroatoms. The zero-order valence-electron chi connectivity index (χ0n) is 14.1. The van der Waals surface area contributed by atoms with Gasteiger partial charge in [0, 0.05) is 12.6 Å². The molecule has 0 amide bonds. The molecule has 0 saturated carbocycles. The molecular weight excluding hydrogens is 262 g/mol. The molecule has 1 aliphatic heterocycles. The number of fused-ring (bicyclic) bond motifs is 1. The molecule has 1 unspecified atom stereocenters. The molecule has 0 spiro atoms. The standard InChI is InChI=1S/C18H29NO2/c1-6-7-8-13(2)18-15-12-17(21-5)16(20-4)11-14(15)9-10-19(18)3/h11-13,18H,6-10H2,1-5H3/t13?,18-/m0/s1. The van der Waals surface area contributed by atoms with Gasteiger partial charge in [0.1, 0.15) is 0 Å². The summed E-state index contributed by atoms with van der Waals surface area (Å²) in [4.78, 5) is 2.49. The number of hydrogen-bond acceptors (Lipinski definition) is 3. The van der Waals surface area contributed by atoms with Crippen molar-refractivity contribution in [3.63, 3.8) is 0 Å². The molecule has 1 heterocycles. The van der Waals surface area contributed by atoms with Crippen molar-refractivity contribution in [1.29, 1.82) is 0 Å². The number of rotatable bonds is 6. The Morgan fingerprint density at radius 3 is 2.52 bits per heavy atom. The Labute approximate surface area is 129 Å². The topological polar surface area (TPSA) is 21.7 Å². The molecule has 1 aromatic carbocycles. The molecule has 0 aliphatic carbocycles. The summed E-state index contributed by atoms with van der Waals surface area (Å²) < 4.78 is 11.0. The van der Waals surface area contributed by atoms with Crippen molar-refractivity contribution in [1.82, 2.24) is 4.90 Å². The van der Waals surface area contributed by atoms with E-state index in [9.17, 15) is 0 Å². The van der Waals surface area contributed by atoms with Gasteiger partial charge in [0.15, 0.2) is 11.5 Å². The Morgan fingerprint density at radius 2 is 1.90 bits per heavy atom. The van der Waals surface area contributed by atoms with Gasteiger partial charge in [-0.1, -0.05) is 26.7 Å². The van der Waals surface area contributed by atoms with Crippen LogP contribution in [-0.4, -0.2) is 32.7 Å². The lowest BCUT2D eigenvalue weighted by atomic mass is 9.83. The number of benzene rings is 1. The van der Waals surface area contributed by atoms with E-state index in [1.807, 2.05) is 0 Å². The van der Waals surface area contributed by atoms with Crippen LogP contribution in [0.3, 0.4) is 0 Å². The molecule has 2 rings (SSSR count). The third-order valence-corrected chi connectivity index (χ3v) is 4.72. The van der Waals surface area contributed by atoms with Crippen molar-refractivity contribution in [2.45, 2.75) is 45.6 Å². The van der Waals surface area contributed by atoms with E-state index in [-0.39, 0.29) is 0 Å². The first-order valence-corrected chi connectivity index (χ1v) is 8.07. The van der Waals surface area contributed by atoms with Gasteiger partial charge < -0.3 is 9.47 Å². The van der Waals surface area contributed by atoms with Gasteiger partial charge in [-0.15, -0.1) is 0 Å². The summed E-state index contributed by atoms with van der Waals surface area (Å²) in [6.07, 6.45) is 4.93. The van der Waals surface area contributed by atoms with Crippen molar-refractivity contribution in [2.24, 2.45) is 5.92 Å². The molecule has 0 N–H and O–H groups in total. The largest absolute Gasteiger partial charge is 0.493 e. The fourth-order valence-electron chi connectivity index (χ4n) is 3.53. The Hall–Kier alpha value is -1.22. The van der Waals surface area contributed by atoms with Crippen LogP contribution in [0.2, 0.25) is 0 Å². The van der Waals surface area contributed by atoms with Crippen molar-refractivity contribution < 1.29 is 9.47 Å². The molecule has 0 radical (unpaired) electrons. The van der Waals surface area contributed by atoms with Crippen LogP contribution >= 0.6 is 0 Å². The predicted molar refractivity (Wildman–Crippen MR) is 87.3 cm³/mol. The van der Waals surface area contributed by atoms with E-state index in [1.165, 1.54) is 30.4 Å². The van der Waals surface area contributed by atoms with Crippen LogP contribution in [-0.2, 0) is 6.42 Å². The van der Waals surface area contributed by atoms with Crippen LogP contribution in [0.25, 0.3) is 0 Å². The van der Waals surface area contributed by atoms with Gasteiger partial charge in [0.2, 0.25) is 0 Å². The summed E-state index contributed by atoms with van der Waals surface area (Å²) in [5, 5.41) is 0. The number of unbranched alkanes of at least 4 members (excludes halogenated alkanes) is 1. The van der Waals surface area contributed by atoms with Gasteiger partial charge in [-0.2, -0.15) is 0 Å². The van der Waals surface area contributed by atoms with Gasteiger partial charge in [-0.05, 0) is 49.1 Å². The average Bonchev–Trinajstić information content (AvgIpc) is 2.51. The van der Waals surface area contributed by atoms with E-state index < -0.39 is 0 Å². The summed E-state index contributed by atoms with van der Waals surface area (Å²) in [7, 11) is 5.67. The van der Waals surface area contributed by atoms with E-state index in [4.69, 9.17) is 9.47 Å². The lowest BCUT2D eigenvalue weighted by molar-refractivity contribution is 0.164. The lowest BCUT2D eigenvalue weighted by Gasteiger charge is -2.39. The minimum absolute atomic E-state index is 0.486. The molecule has 0 bridgehead atoms. The quantitative estimate of drug-likeness (QED) is 0.789. The molecule has 0 saturated heterocycles. The van der Waals surface area contributed by atoms with Crippen molar-refractivity contribution in [3.8, 4) is 11.5 Å². The molecule has 3 nitrogen and oxygen atoms in total. The Morgan fingerprint density at radius 1 is 1.24 bits per heavy atom. The van der Waals surface area contributed by atoms with Crippen molar-refractivity contribution in [3.05, 3.63) is 23.3 Å². The van der Waals surface area contributed by atoms with E-state index in [1.54, 1.807) is 14.2 Å². The summed E-state index contributed by atoms with van der Waals surface area (Å²) in [5.41, 5.74) is 2.84. The van der Waals surface area contributed by atoms with Crippen LogP contribution < -0.4 is 9.47 Å². The van der Waals surface area contributed by atoms with Crippen LogP contribution in [0, 0.1) is 5.92 Å². The number of methoxy groups -OCH3 is 2. The smallest absolute Gasteiger partial charge is 0.161 e. The molecular formula is C18H29NO2. The SMILES string of the molecule is CCCCC(C)[C@H]1c2cc(OC)c(OC)cc2CCN1C. The van der Waals surface area contributed by atoms with Crippen LogP contribution in [0.1, 0.15) is 50.3 Å². The average molecular weight is 291 g/mol. The summed E-state index contributed by atoms with van der Waals surface area (Å²) in [5.74, 6) is 2.35. The fraction of sp³-hybridized carbons (Fsp3) is 0.667. The number of likely N-dealkylation sites (N-methyl/N-ethyl adjacent to an activating group) is 1. The van der Waals surface area contributed by atoms with Gasteiger partial charge in [-0.3, -0.25) is 4.90 Å². The summed E-state index contributed by atoms with van der Waals surface area (Å²) in [6, 6.07) is 4.84. The first-order chi connectivity index (χ1) is 10.1. The normalized spacial score (nSPS) is 20.0. The zero-order valence-corrected chi connectivity index (χ0v) is 14.1. The Kier molecular flexibility index (Phi) is 5.51. The second-order valence-electron chi connectivity index (χ2n) is 6.20. The minimum Gasteiger partial charge on any atom is -0.493 e. The third kappa shape index (κ3) is 3.34. The second-order valence-corrected chi connectivity index (χ2v) is 6.20. The molecule has 1 aromatic rings. The van der Waals surface area contributed by atoms with Gasteiger partial charge >= 0.3 is 0 Å². The highest BCUT2D eigenvalue weighted by molar-refractivity contribution is 5.49. The predicted octanol–water partition coefficient (Wildman–Crippen LogP) is 4.06. The maximum atomic E-state index is 5.50. The van der Waals surface area contributed by atoms with Crippen LogP contribution in [0.4, 0.5) is 0 Å². The summed E-state index contributed by atoms with van der Waals surface area (Å²) >= 11 is 0. The Balaban J connectivity index is 2.36. The molecule has 118 valence electrons. The second kappa shape index (κ2) is 7.17. The highest BCUT2D eigenvalue weighted by atomic mass is 16.5. The maximum absolute atomic E-state index is 5.50. The van der Waals surface area contributed by atoms with Gasteiger partial charge in [-0.25, -0.2) is 0 Å². The van der Waals surface area contributed by atoms with E-state index >= 15 is 0 Å². The zero-order chi connectivity index (χ0) is 15.4. The Bertz CT molecular complexity index is 473. The molecule has 0 aromatic heterocycles. The maximum Gasteiger partial charge on any atom is 0.161 e. The lowest BCUT2D eigenvalue weighted by Crippen LogP contribution is -2.35.